The van der Waals surface area contributed by atoms with Gasteiger partial charge in [0, 0.05) is 28.7 Å². The van der Waals surface area contributed by atoms with E-state index >= 15 is 0 Å². The molecular formula is C21H20ClN3O2. The van der Waals surface area contributed by atoms with Gasteiger partial charge in [0.2, 0.25) is 5.91 Å². The minimum Gasteiger partial charge on any atom is -0.361 e. The van der Waals surface area contributed by atoms with Crippen LogP contribution in [0, 0.1) is 6.92 Å². The van der Waals surface area contributed by atoms with Crippen molar-refractivity contribution in [2.75, 3.05) is 11.4 Å². The van der Waals surface area contributed by atoms with Crippen LogP contribution in [0.3, 0.4) is 0 Å². The van der Waals surface area contributed by atoms with E-state index in [-0.39, 0.29) is 18.2 Å². The molecule has 0 unspecified atom stereocenters. The Labute approximate surface area is 162 Å². The molecule has 1 saturated heterocycles. The first-order chi connectivity index (χ1) is 13.1. The molecule has 1 aliphatic heterocycles. The van der Waals surface area contributed by atoms with Crippen molar-refractivity contribution in [3.05, 3.63) is 64.8 Å². The van der Waals surface area contributed by atoms with Gasteiger partial charge in [-0.2, -0.15) is 0 Å². The summed E-state index contributed by atoms with van der Waals surface area (Å²) in [5, 5.41) is 4.97. The number of fused-ring (bicyclic) bond motifs is 1. The van der Waals surface area contributed by atoms with Crippen LogP contribution < -0.4 is 10.2 Å². The molecule has 27 heavy (non-hydrogen) atoms. The normalized spacial score (nSPS) is 17.3. The molecular weight excluding hydrogens is 362 g/mol. The molecule has 1 aliphatic rings. The van der Waals surface area contributed by atoms with E-state index in [0.29, 0.717) is 17.3 Å². The lowest BCUT2D eigenvalue weighted by atomic mass is 10.1. The van der Waals surface area contributed by atoms with Gasteiger partial charge in [-0.1, -0.05) is 35.9 Å². The maximum absolute atomic E-state index is 12.8. The van der Waals surface area contributed by atoms with E-state index in [1.807, 2.05) is 31.3 Å². The highest BCUT2D eigenvalue weighted by atomic mass is 35.5. The van der Waals surface area contributed by atoms with Gasteiger partial charge in [-0.3, -0.25) is 9.59 Å². The first-order valence-electron chi connectivity index (χ1n) is 8.96. The number of amides is 2. The van der Waals surface area contributed by atoms with Gasteiger partial charge in [0.1, 0.15) is 0 Å². The van der Waals surface area contributed by atoms with Crippen LogP contribution in [-0.4, -0.2) is 29.4 Å². The summed E-state index contributed by atoms with van der Waals surface area (Å²) >= 11 is 6.14. The summed E-state index contributed by atoms with van der Waals surface area (Å²) in [5.41, 5.74) is 3.60. The van der Waals surface area contributed by atoms with Crippen LogP contribution in [0.25, 0.3) is 10.9 Å². The Balaban J connectivity index is 1.44. The summed E-state index contributed by atoms with van der Waals surface area (Å²) in [4.78, 5) is 29.7. The van der Waals surface area contributed by atoms with E-state index < -0.39 is 6.04 Å². The number of halogens is 1. The first-order valence-corrected chi connectivity index (χ1v) is 9.34. The van der Waals surface area contributed by atoms with Crippen LogP contribution in [0.2, 0.25) is 5.02 Å². The van der Waals surface area contributed by atoms with Crippen molar-refractivity contribution < 1.29 is 9.59 Å². The van der Waals surface area contributed by atoms with Crippen LogP contribution in [0.1, 0.15) is 17.5 Å². The van der Waals surface area contributed by atoms with Crippen molar-refractivity contribution in [2.45, 2.75) is 25.8 Å². The van der Waals surface area contributed by atoms with Crippen molar-refractivity contribution in [1.82, 2.24) is 10.3 Å². The third kappa shape index (κ3) is 3.24. The summed E-state index contributed by atoms with van der Waals surface area (Å²) in [7, 11) is 0. The molecule has 2 heterocycles. The molecule has 4 rings (SSSR count). The van der Waals surface area contributed by atoms with Crippen molar-refractivity contribution in [3.8, 4) is 0 Å². The summed E-state index contributed by atoms with van der Waals surface area (Å²) in [6.45, 7) is 2.43. The Morgan fingerprint density at radius 1 is 1.19 bits per heavy atom. The zero-order valence-electron chi connectivity index (χ0n) is 15.0. The van der Waals surface area contributed by atoms with Gasteiger partial charge < -0.3 is 10.3 Å². The Bertz CT molecular complexity index is 1030. The average molecular weight is 382 g/mol. The van der Waals surface area contributed by atoms with Gasteiger partial charge in [-0.15, -0.1) is 0 Å². The lowest BCUT2D eigenvalue weighted by Crippen LogP contribution is -2.39. The molecule has 6 heteroatoms. The number of hydrogen-bond acceptors (Lipinski definition) is 3. The predicted molar refractivity (Wildman–Crippen MR) is 107 cm³/mol. The molecule has 5 nitrogen and oxygen atoms in total. The van der Waals surface area contributed by atoms with E-state index in [1.54, 1.807) is 18.2 Å². The molecule has 0 saturated carbocycles. The van der Waals surface area contributed by atoms with Crippen LogP contribution in [0.4, 0.5) is 5.69 Å². The number of rotatable bonds is 5. The van der Waals surface area contributed by atoms with E-state index in [2.05, 4.69) is 16.4 Å². The molecule has 138 valence electrons. The van der Waals surface area contributed by atoms with Crippen LogP contribution >= 0.6 is 11.6 Å². The second-order valence-electron chi connectivity index (χ2n) is 6.77. The van der Waals surface area contributed by atoms with Crippen molar-refractivity contribution in [3.63, 3.8) is 0 Å². The third-order valence-electron chi connectivity index (χ3n) is 5.09. The van der Waals surface area contributed by atoms with Crippen LogP contribution in [0.5, 0.6) is 0 Å². The molecule has 2 amide bonds. The highest BCUT2D eigenvalue weighted by Crippen LogP contribution is 2.30. The van der Waals surface area contributed by atoms with Gasteiger partial charge in [0.25, 0.3) is 5.91 Å². The largest absolute Gasteiger partial charge is 0.361 e. The molecule has 1 aromatic heterocycles. The van der Waals surface area contributed by atoms with Crippen LogP contribution in [-0.2, 0) is 16.0 Å². The quantitative estimate of drug-likeness (QED) is 0.664. The number of aromatic amines is 1. The molecule has 2 aromatic carbocycles. The Kier molecular flexibility index (Phi) is 4.72. The van der Waals surface area contributed by atoms with Crippen molar-refractivity contribution in [1.29, 1.82) is 0 Å². The number of benzene rings is 2. The summed E-state index contributed by atoms with van der Waals surface area (Å²) in [5.74, 6) is -0.417. The fourth-order valence-electron chi connectivity index (χ4n) is 3.60. The standard InChI is InChI=1S/C21H20ClN3O2/c1-13-16(22)6-4-8-19(13)25-20(26)11-18(21(25)27)23-10-9-14-12-24-17-7-3-2-5-15(14)17/h2-8,12,18,23-24H,9-11H2,1H3/t18-/m0/s1. The highest BCUT2D eigenvalue weighted by Gasteiger charge is 2.39. The highest BCUT2D eigenvalue weighted by molar-refractivity contribution is 6.32. The maximum atomic E-state index is 12.8. The molecule has 1 atom stereocenters. The zero-order valence-corrected chi connectivity index (χ0v) is 15.7. The molecule has 3 aromatic rings. The van der Waals surface area contributed by atoms with Crippen LogP contribution in [0.15, 0.2) is 48.7 Å². The van der Waals surface area contributed by atoms with E-state index in [1.165, 1.54) is 15.8 Å². The zero-order chi connectivity index (χ0) is 19.0. The lowest BCUT2D eigenvalue weighted by molar-refractivity contribution is -0.121. The second-order valence-corrected chi connectivity index (χ2v) is 7.18. The number of hydrogen-bond donors (Lipinski definition) is 2. The molecule has 0 aliphatic carbocycles. The topological polar surface area (TPSA) is 65.2 Å². The Morgan fingerprint density at radius 2 is 2.00 bits per heavy atom. The minimum atomic E-state index is -0.499. The number of para-hydroxylation sites is 1. The molecule has 1 fully saturated rings. The van der Waals surface area contributed by atoms with Gasteiger partial charge in [0.05, 0.1) is 18.2 Å². The van der Waals surface area contributed by atoms with E-state index in [9.17, 15) is 9.59 Å². The number of imide groups is 1. The maximum Gasteiger partial charge on any atom is 0.251 e. The fourth-order valence-corrected chi connectivity index (χ4v) is 3.77. The van der Waals surface area contributed by atoms with Gasteiger partial charge in [0.15, 0.2) is 0 Å². The Hall–Kier alpha value is -2.63. The number of aromatic nitrogens is 1. The van der Waals surface area contributed by atoms with Gasteiger partial charge in [-0.05, 0) is 42.7 Å². The number of nitrogens with one attached hydrogen (secondary N) is 2. The minimum absolute atomic E-state index is 0.165. The van der Waals surface area contributed by atoms with Gasteiger partial charge >= 0.3 is 0 Å². The van der Waals surface area contributed by atoms with Crippen molar-refractivity contribution >= 4 is 40.0 Å². The average Bonchev–Trinajstić information content (AvgIpc) is 3.19. The summed E-state index contributed by atoms with van der Waals surface area (Å²) in [6, 6.07) is 12.9. The van der Waals surface area contributed by atoms with E-state index in [4.69, 9.17) is 11.6 Å². The monoisotopic (exact) mass is 381 g/mol. The molecule has 0 spiro atoms. The number of nitrogens with zero attached hydrogens (tertiary/aromatic N) is 1. The predicted octanol–water partition coefficient (Wildman–Crippen LogP) is 3.59. The SMILES string of the molecule is Cc1c(Cl)cccc1N1C(=O)C[C@H](NCCc2c[nH]c3ccccc23)C1=O. The smallest absolute Gasteiger partial charge is 0.251 e. The Morgan fingerprint density at radius 3 is 2.85 bits per heavy atom. The second kappa shape index (κ2) is 7.18. The summed E-state index contributed by atoms with van der Waals surface area (Å²) in [6.07, 6.45) is 2.94. The molecule has 0 radical (unpaired) electrons. The fraction of sp³-hybridized carbons (Fsp3) is 0.238. The molecule has 0 bridgehead atoms. The number of H-pyrrole nitrogens is 1. The number of carbonyl (C=O) groups is 2. The first kappa shape index (κ1) is 17.8. The van der Waals surface area contributed by atoms with Crippen molar-refractivity contribution in [2.24, 2.45) is 0 Å². The lowest BCUT2D eigenvalue weighted by Gasteiger charge is -2.18. The van der Waals surface area contributed by atoms with E-state index in [0.717, 1.165) is 17.5 Å². The third-order valence-corrected chi connectivity index (χ3v) is 5.50. The molecule has 2 N–H and O–H groups in total. The number of carbonyl (C=O) groups excluding carboxylic acids is 2. The summed E-state index contributed by atoms with van der Waals surface area (Å²) < 4.78 is 0. The van der Waals surface area contributed by atoms with Gasteiger partial charge in [-0.25, -0.2) is 4.90 Å². The number of anilines is 1.